The molecular formula is C14H12BF3O2. The summed E-state index contributed by atoms with van der Waals surface area (Å²) in [6.45, 7) is 1.87. The molecule has 0 bridgehead atoms. The molecule has 2 rings (SSSR count). The van der Waals surface area contributed by atoms with Crippen LogP contribution in [0.2, 0.25) is 0 Å². The van der Waals surface area contributed by atoms with Crippen LogP contribution >= 0.6 is 0 Å². The highest BCUT2D eigenvalue weighted by atomic mass is 19.4. The Bertz CT molecular complexity index is 607. The van der Waals surface area contributed by atoms with Crippen molar-refractivity contribution >= 4 is 12.6 Å². The van der Waals surface area contributed by atoms with E-state index >= 15 is 0 Å². The molecule has 0 unspecified atom stereocenters. The summed E-state index contributed by atoms with van der Waals surface area (Å²) in [6.07, 6.45) is -4.54. The Kier molecular flexibility index (Phi) is 3.88. The number of hydrogen-bond acceptors (Lipinski definition) is 2. The molecule has 0 heterocycles. The number of rotatable bonds is 2. The molecule has 0 fully saturated rings. The first-order valence-electron chi connectivity index (χ1n) is 5.93. The molecule has 0 aliphatic rings. The summed E-state index contributed by atoms with van der Waals surface area (Å²) in [7, 11) is -1.94. The van der Waals surface area contributed by atoms with Crippen molar-refractivity contribution in [2.45, 2.75) is 13.1 Å². The molecule has 2 aromatic rings. The van der Waals surface area contributed by atoms with Gasteiger partial charge in [0.1, 0.15) is 0 Å². The Hall–Kier alpha value is -1.79. The zero-order valence-corrected chi connectivity index (χ0v) is 10.6. The highest BCUT2D eigenvalue weighted by Gasteiger charge is 2.32. The van der Waals surface area contributed by atoms with Crippen LogP contribution in [0.4, 0.5) is 13.2 Å². The van der Waals surface area contributed by atoms with Crippen LogP contribution in [-0.2, 0) is 6.18 Å². The predicted octanol–water partition coefficient (Wildman–Crippen LogP) is 2.36. The Balaban J connectivity index is 2.57. The van der Waals surface area contributed by atoms with E-state index in [-0.39, 0.29) is 5.46 Å². The van der Waals surface area contributed by atoms with E-state index in [1.165, 1.54) is 6.07 Å². The van der Waals surface area contributed by atoms with Gasteiger partial charge in [-0.2, -0.15) is 13.2 Å². The third kappa shape index (κ3) is 3.21. The standard InChI is InChI=1S/C14H12BF3O2/c1-9-2-4-10(5-3-9)11-6-12(14(16,17)18)8-13(7-11)15(19)20/h2-8,19-20H,1H3. The van der Waals surface area contributed by atoms with Gasteiger partial charge in [-0.1, -0.05) is 42.0 Å². The molecule has 0 amide bonds. The van der Waals surface area contributed by atoms with Gasteiger partial charge < -0.3 is 10.0 Å². The van der Waals surface area contributed by atoms with Crippen LogP contribution in [0.1, 0.15) is 11.1 Å². The van der Waals surface area contributed by atoms with Gasteiger partial charge in [-0.15, -0.1) is 0 Å². The summed E-state index contributed by atoms with van der Waals surface area (Å²) in [5.41, 5.74) is 0.781. The molecule has 2 aromatic carbocycles. The Labute approximate surface area is 114 Å². The summed E-state index contributed by atoms with van der Waals surface area (Å²) >= 11 is 0. The lowest BCUT2D eigenvalue weighted by molar-refractivity contribution is -0.137. The first kappa shape index (κ1) is 14.6. The van der Waals surface area contributed by atoms with E-state index in [9.17, 15) is 13.2 Å². The molecule has 2 nitrogen and oxygen atoms in total. The molecule has 0 saturated carbocycles. The second kappa shape index (κ2) is 5.30. The largest absolute Gasteiger partial charge is 0.488 e. The van der Waals surface area contributed by atoms with Crippen LogP contribution in [0, 0.1) is 6.92 Å². The third-order valence-corrected chi connectivity index (χ3v) is 2.97. The van der Waals surface area contributed by atoms with Gasteiger partial charge in [0.15, 0.2) is 0 Å². The molecule has 0 atom stereocenters. The van der Waals surface area contributed by atoms with Crippen LogP contribution in [-0.4, -0.2) is 17.2 Å². The fourth-order valence-corrected chi connectivity index (χ4v) is 1.88. The molecule has 2 N–H and O–H groups in total. The van der Waals surface area contributed by atoms with Crippen molar-refractivity contribution in [3.8, 4) is 11.1 Å². The number of halogens is 3. The van der Waals surface area contributed by atoms with Crippen molar-refractivity contribution < 1.29 is 23.2 Å². The first-order chi connectivity index (χ1) is 9.27. The van der Waals surface area contributed by atoms with E-state index in [0.717, 1.165) is 17.7 Å². The Morgan fingerprint density at radius 2 is 1.50 bits per heavy atom. The van der Waals surface area contributed by atoms with Gasteiger partial charge in [0.2, 0.25) is 0 Å². The molecule has 20 heavy (non-hydrogen) atoms. The van der Waals surface area contributed by atoms with Gasteiger partial charge in [0.25, 0.3) is 0 Å². The molecule has 0 aromatic heterocycles. The van der Waals surface area contributed by atoms with Gasteiger partial charge in [0, 0.05) is 0 Å². The zero-order chi connectivity index (χ0) is 14.9. The number of benzene rings is 2. The number of hydrogen-bond donors (Lipinski definition) is 2. The molecule has 0 aliphatic carbocycles. The first-order valence-corrected chi connectivity index (χ1v) is 5.93. The lowest BCUT2D eigenvalue weighted by Gasteiger charge is -2.12. The monoisotopic (exact) mass is 280 g/mol. The fourth-order valence-electron chi connectivity index (χ4n) is 1.88. The van der Waals surface area contributed by atoms with Crippen molar-refractivity contribution in [1.29, 1.82) is 0 Å². The minimum Gasteiger partial charge on any atom is -0.423 e. The van der Waals surface area contributed by atoms with Crippen molar-refractivity contribution in [2.24, 2.45) is 0 Å². The summed E-state index contributed by atoms with van der Waals surface area (Å²) in [5, 5.41) is 18.2. The van der Waals surface area contributed by atoms with Gasteiger partial charge in [0.05, 0.1) is 5.56 Å². The van der Waals surface area contributed by atoms with E-state index in [4.69, 9.17) is 10.0 Å². The Morgan fingerprint density at radius 1 is 0.900 bits per heavy atom. The van der Waals surface area contributed by atoms with E-state index < -0.39 is 18.9 Å². The van der Waals surface area contributed by atoms with E-state index in [1.54, 1.807) is 24.3 Å². The zero-order valence-electron chi connectivity index (χ0n) is 10.6. The lowest BCUT2D eigenvalue weighted by atomic mass is 9.78. The topological polar surface area (TPSA) is 40.5 Å². The maximum absolute atomic E-state index is 12.8. The summed E-state index contributed by atoms with van der Waals surface area (Å²) in [6, 6.07) is 10.0. The maximum Gasteiger partial charge on any atom is 0.488 e. The fraction of sp³-hybridized carbons (Fsp3) is 0.143. The number of alkyl halides is 3. The SMILES string of the molecule is Cc1ccc(-c2cc(B(O)O)cc(C(F)(F)F)c2)cc1. The van der Waals surface area contributed by atoms with Crippen molar-refractivity contribution in [2.75, 3.05) is 0 Å². The minimum atomic E-state index is -4.54. The van der Waals surface area contributed by atoms with Crippen LogP contribution in [0.5, 0.6) is 0 Å². The second-order valence-corrected chi connectivity index (χ2v) is 4.58. The van der Waals surface area contributed by atoms with Crippen LogP contribution in [0.15, 0.2) is 42.5 Å². The summed E-state index contributed by atoms with van der Waals surface area (Å²) < 4.78 is 38.5. The second-order valence-electron chi connectivity index (χ2n) is 4.58. The van der Waals surface area contributed by atoms with Crippen LogP contribution in [0.3, 0.4) is 0 Å². The third-order valence-electron chi connectivity index (χ3n) is 2.97. The molecule has 0 radical (unpaired) electrons. The molecule has 104 valence electrons. The Morgan fingerprint density at radius 3 is 2.00 bits per heavy atom. The molecule has 6 heteroatoms. The lowest BCUT2D eigenvalue weighted by Crippen LogP contribution is -2.31. The van der Waals surface area contributed by atoms with Gasteiger partial charge >= 0.3 is 13.3 Å². The summed E-state index contributed by atoms with van der Waals surface area (Å²) in [4.78, 5) is 0. The molecule has 0 saturated heterocycles. The molecule has 0 aliphatic heterocycles. The van der Waals surface area contributed by atoms with E-state index in [0.29, 0.717) is 11.1 Å². The van der Waals surface area contributed by atoms with Crippen molar-refractivity contribution in [3.63, 3.8) is 0 Å². The van der Waals surface area contributed by atoms with Crippen molar-refractivity contribution in [1.82, 2.24) is 0 Å². The highest BCUT2D eigenvalue weighted by Crippen LogP contribution is 2.31. The maximum atomic E-state index is 12.8. The smallest absolute Gasteiger partial charge is 0.423 e. The van der Waals surface area contributed by atoms with Crippen molar-refractivity contribution in [3.05, 3.63) is 53.6 Å². The van der Waals surface area contributed by atoms with Gasteiger partial charge in [-0.3, -0.25) is 0 Å². The number of aryl methyl sites for hydroxylation is 1. The molecular weight excluding hydrogens is 268 g/mol. The molecule has 0 spiro atoms. The highest BCUT2D eigenvalue weighted by molar-refractivity contribution is 6.58. The average molecular weight is 280 g/mol. The predicted molar refractivity (Wildman–Crippen MR) is 71.4 cm³/mol. The minimum absolute atomic E-state index is 0.185. The van der Waals surface area contributed by atoms with E-state index in [2.05, 4.69) is 0 Å². The van der Waals surface area contributed by atoms with Gasteiger partial charge in [-0.25, -0.2) is 0 Å². The van der Waals surface area contributed by atoms with Gasteiger partial charge in [-0.05, 0) is 29.6 Å². The quantitative estimate of drug-likeness (QED) is 0.829. The average Bonchev–Trinajstić information content (AvgIpc) is 2.38. The van der Waals surface area contributed by atoms with Crippen LogP contribution in [0.25, 0.3) is 11.1 Å². The van der Waals surface area contributed by atoms with Crippen LogP contribution < -0.4 is 5.46 Å². The van der Waals surface area contributed by atoms with E-state index in [1.807, 2.05) is 6.92 Å². The normalized spacial score (nSPS) is 11.5. The summed E-state index contributed by atoms with van der Waals surface area (Å²) in [5.74, 6) is 0.